The maximum atomic E-state index is 14.7. The zero-order valence-corrected chi connectivity index (χ0v) is 26.6. The molecule has 4 aliphatic heterocycles. The lowest BCUT2D eigenvalue weighted by atomic mass is 9.81. The van der Waals surface area contributed by atoms with Gasteiger partial charge in [-0.05, 0) is 69.1 Å². The number of nitrogens with zero attached hydrogens (tertiary/aromatic N) is 2. The van der Waals surface area contributed by atoms with E-state index in [2.05, 4.69) is 6.08 Å². The third-order valence-electron chi connectivity index (χ3n) is 10.0. The van der Waals surface area contributed by atoms with Crippen LogP contribution >= 0.6 is 0 Å². The number of methoxy groups -OCH3 is 1. The second-order valence-electron chi connectivity index (χ2n) is 13.6. The van der Waals surface area contributed by atoms with Crippen LogP contribution < -0.4 is 9.64 Å². The van der Waals surface area contributed by atoms with Crippen LogP contribution in [0, 0.1) is 5.92 Å². The van der Waals surface area contributed by atoms with Gasteiger partial charge in [-0.25, -0.2) is 0 Å². The quantitative estimate of drug-likeness (QED) is 0.502. The van der Waals surface area contributed by atoms with Gasteiger partial charge < -0.3 is 24.3 Å². The van der Waals surface area contributed by atoms with E-state index in [-0.39, 0.29) is 42.3 Å². The third-order valence-corrected chi connectivity index (χ3v) is 12.5. The van der Waals surface area contributed by atoms with Gasteiger partial charge in [-0.1, -0.05) is 37.3 Å². The molecule has 2 amide bonds. The van der Waals surface area contributed by atoms with Crippen molar-refractivity contribution in [2.24, 2.45) is 5.92 Å². The van der Waals surface area contributed by atoms with Gasteiger partial charge in [-0.3, -0.25) is 14.5 Å². The van der Waals surface area contributed by atoms with Gasteiger partial charge in [0.25, 0.3) is 5.91 Å². The maximum Gasteiger partial charge on any atom is 0.265 e. The number of rotatable bonds is 5. The second kappa shape index (κ2) is 9.77. The molecule has 2 aromatic carbocycles. The summed E-state index contributed by atoms with van der Waals surface area (Å²) in [6, 6.07) is 11.5. The summed E-state index contributed by atoms with van der Waals surface area (Å²) in [5.74, 6) is -0.0536. The van der Waals surface area contributed by atoms with Crippen LogP contribution in [-0.4, -0.2) is 66.3 Å². The van der Waals surface area contributed by atoms with Crippen molar-refractivity contribution in [3.63, 3.8) is 0 Å². The predicted octanol–water partition coefficient (Wildman–Crippen LogP) is 4.37. The molecule has 5 atom stereocenters. The van der Waals surface area contributed by atoms with Crippen molar-refractivity contribution >= 4 is 31.4 Å². The standard InChI is InChI=1S/C33H42N2O6Si/c1-19-16-32(3,4)35-29-25(19)13-24(40-5)14-26(29)33(31(35)38)20(2)30(42(6,7)39)27(41-33)15-28(37)34-17-22-11-9-8-10-21(22)12-23(34)18-36/h8-11,13-14,16,20,23,27,30,36,39H,12,15,17-18H2,1-7H3/t20-,23+,27+,30-,33+/m1/s1. The number of ether oxygens (including phenoxy) is 2. The Morgan fingerprint density at radius 1 is 1.19 bits per heavy atom. The summed E-state index contributed by atoms with van der Waals surface area (Å²) in [5.41, 5.74) is 3.44. The number of aliphatic hydroxyl groups excluding tert-OH is 1. The molecule has 0 unspecified atom stereocenters. The number of fused-ring (bicyclic) bond motifs is 2. The van der Waals surface area contributed by atoms with Gasteiger partial charge in [0.1, 0.15) is 5.75 Å². The van der Waals surface area contributed by atoms with E-state index in [4.69, 9.17) is 9.47 Å². The smallest absolute Gasteiger partial charge is 0.265 e. The van der Waals surface area contributed by atoms with E-state index in [0.29, 0.717) is 18.7 Å². The van der Waals surface area contributed by atoms with Crippen molar-refractivity contribution in [2.75, 3.05) is 18.6 Å². The molecule has 2 N–H and O–H groups in total. The number of benzene rings is 2. The highest BCUT2D eigenvalue weighted by Crippen LogP contribution is 2.63. The molecule has 1 fully saturated rings. The number of hydrogen-bond donors (Lipinski definition) is 2. The zero-order valence-electron chi connectivity index (χ0n) is 25.6. The Hall–Kier alpha value is -2.98. The summed E-state index contributed by atoms with van der Waals surface area (Å²) in [6.07, 6.45) is 2.03. The summed E-state index contributed by atoms with van der Waals surface area (Å²) >= 11 is 0. The number of anilines is 1. The second-order valence-corrected chi connectivity index (χ2v) is 17.6. The molecule has 8 nitrogen and oxygen atoms in total. The van der Waals surface area contributed by atoms with Crippen molar-refractivity contribution in [3.05, 3.63) is 64.7 Å². The number of carbonyl (C=O) groups is 2. The molecule has 0 aliphatic carbocycles. The Morgan fingerprint density at radius 2 is 1.88 bits per heavy atom. The largest absolute Gasteiger partial charge is 0.497 e. The fourth-order valence-electron chi connectivity index (χ4n) is 8.27. The number of carbonyl (C=O) groups excluding carboxylic acids is 2. The monoisotopic (exact) mass is 590 g/mol. The highest BCUT2D eigenvalue weighted by atomic mass is 28.4. The summed E-state index contributed by atoms with van der Waals surface area (Å²) in [5, 5.41) is 10.2. The minimum atomic E-state index is -2.96. The van der Waals surface area contributed by atoms with Crippen LogP contribution in [-0.2, 0) is 32.9 Å². The van der Waals surface area contributed by atoms with E-state index < -0.39 is 25.6 Å². The van der Waals surface area contributed by atoms with Crippen LogP contribution in [0.2, 0.25) is 18.6 Å². The third kappa shape index (κ3) is 4.12. The van der Waals surface area contributed by atoms with E-state index in [0.717, 1.165) is 33.5 Å². The lowest BCUT2D eigenvalue weighted by Crippen LogP contribution is -2.53. The molecule has 0 radical (unpaired) electrons. The van der Waals surface area contributed by atoms with Gasteiger partial charge in [-0.15, -0.1) is 0 Å². The average Bonchev–Trinajstić information content (AvgIpc) is 3.37. The minimum Gasteiger partial charge on any atom is -0.497 e. The van der Waals surface area contributed by atoms with E-state index in [1.165, 1.54) is 0 Å². The van der Waals surface area contributed by atoms with Gasteiger partial charge in [-0.2, -0.15) is 0 Å². The lowest BCUT2D eigenvalue weighted by molar-refractivity contribution is -0.151. The Bertz CT molecular complexity index is 1500. The van der Waals surface area contributed by atoms with Crippen LogP contribution in [0.5, 0.6) is 5.75 Å². The number of allylic oxidation sites excluding steroid dienone is 1. The molecule has 6 rings (SSSR count). The van der Waals surface area contributed by atoms with Gasteiger partial charge in [0.15, 0.2) is 13.9 Å². The molecular formula is C33H42N2O6Si. The molecule has 1 saturated heterocycles. The molecule has 0 saturated carbocycles. The highest BCUT2D eigenvalue weighted by Gasteiger charge is 2.68. The van der Waals surface area contributed by atoms with Crippen LogP contribution in [0.1, 0.15) is 56.4 Å². The van der Waals surface area contributed by atoms with E-state index >= 15 is 0 Å². The lowest BCUT2D eigenvalue weighted by Gasteiger charge is -2.39. The van der Waals surface area contributed by atoms with E-state index in [1.54, 1.807) is 12.0 Å². The number of aliphatic hydroxyl groups is 1. The van der Waals surface area contributed by atoms with Crippen molar-refractivity contribution in [2.45, 2.75) is 89.0 Å². The molecule has 1 spiro atoms. The summed E-state index contributed by atoms with van der Waals surface area (Å²) in [6.45, 7) is 12.1. The Balaban J connectivity index is 1.42. The van der Waals surface area contributed by atoms with Crippen molar-refractivity contribution in [1.29, 1.82) is 0 Å². The number of hydrogen-bond acceptors (Lipinski definition) is 6. The summed E-state index contributed by atoms with van der Waals surface area (Å²) in [7, 11) is -1.34. The normalized spacial score (nSPS) is 29.5. The topological polar surface area (TPSA) is 99.5 Å². The Labute approximate surface area is 249 Å². The summed E-state index contributed by atoms with van der Waals surface area (Å²) < 4.78 is 12.6. The first-order chi connectivity index (χ1) is 19.7. The van der Waals surface area contributed by atoms with Crippen molar-refractivity contribution in [1.82, 2.24) is 4.90 Å². The van der Waals surface area contributed by atoms with Gasteiger partial charge in [0.2, 0.25) is 5.91 Å². The van der Waals surface area contributed by atoms with Gasteiger partial charge >= 0.3 is 0 Å². The Kier molecular flexibility index (Phi) is 6.77. The van der Waals surface area contributed by atoms with Crippen LogP contribution in [0.15, 0.2) is 42.5 Å². The maximum absolute atomic E-state index is 14.7. The SMILES string of the molecule is COc1cc2c3c(c1)[C@]1(O[C@@H](CC(=O)N4Cc5ccccc5C[C@H]4CO)[C@H]([Si](C)(C)O)[C@H]1C)C(=O)N3C(C)(C)C=C2C. The fraction of sp³-hybridized carbons (Fsp3) is 0.515. The first-order valence-corrected chi connectivity index (χ1v) is 17.9. The van der Waals surface area contributed by atoms with Crippen molar-refractivity contribution in [3.8, 4) is 5.75 Å². The van der Waals surface area contributed by atoms with Gasteiger partial charge in [0, 0.05) is 29.1 Å². The molecule has 4 aliphatic rings. The van der Waals surface area contributed by atoms with Gasteiger partial charge in [0.05, 0.1) is 43.5 Å². The minimum absolute atomic E-state index is 0.0204. The highest BCUT2D eigenvalue weighted by molar-refractivity contribution is 6.71. The fourth-order valence-corrected chi connectivity index (χ4v) is 10.8. The molecule has 224 valence electrons. The van der Waals surface area contributed by atoms with Crippen LogP contribution in [0.4, 0.5) is 5.69 Å². The first-order valence-electron chi connectivity index (χ1n) is 14.9. The molecule has 0 bridgehead atoms. The van der Waals surface area contributed by atoms with Crippen LogP contribution in [0.3, 0.4) is 0 Å². The molecular weight excluding hydrogens is 548 g/mol. The van der Waals surface area contributed by atoms with Crippen LogP contribution in [0.25, 0.3) is 5.57 Å². The molecule has 0 aromatic heterocycles. The number of amides is 2. The Morgan fingerprint density at radius 3 is 2.52 bits per heavy atom. The molecule has 42 heavy (non-hydrogen) atoms. The van der Waals surface area contributed by atoms with Crippen molar-refractivity contribution < 1.29 is 29.0 Å². The van der Waals surface area contributed by atoms with E-state index in [9.17, 15) is 19.5 Å². The van der Waals surface area contributed by atoms with E-state index in [1.807, 2.05) is 82.1 Å². The molecule has 2 aromatic rings. The predicted molar refractivity (Wildman–Crippen MR) is 164 cm³/mol. The first kappa shape index (κ1) is 29.1. The molecule has 4 heterocycles. The zero-order chi connectivity index (χ0) is 30.4. The summed E-state index contributed by atoms with van der Waals surface area (Å²) in [4.78, 5) is 44.0. The molecule has 9 heteroatoms. The average molecular weight is 591 g/mol.